The van der Waals surface area contributed by atoms with Crippen molar-refractivity contribution in [1.82, 2.24) is 4.90 Å². The molecule has 1 aromatic carbocycles. The normalized spacial score (nSPS) is 18.9. The maximum absolute atomic E-state index is 12.4. The first-order chi connectivity index (χ1) is 10.3. The van der Waals surface area contributed by atoms with E-state index in [1.807, 2.05) is 26.8 Å². The number of nitro groups is 1. The van der Waals surface area contributed by atoms with Crippen LogP contribution < -0.4 is 0 Å². The van der Waals surface area contributed by atoms with Crippen molar-refractivity contribution >= 4 is 11.8 Å². The Morgan fingerprint density at radius 3 is 2.73 bits per heavy atom. The molecule has 1 fully saturated rings. The van der Waals surface area contributed by atoms with E-state index in [9.17, 15) is 14.9 Å². The first kappa shape index (κ1) is 16.3. The number of likely N-dealkylation sites (tertiary alicyclic amines) is 1. The molecular formula is C16H22N2O4. The molecule has 1 aliphatic heterocycles. The van der Waals surface area contributed by atoms with Gasteiger partial charge in [0.05, 0.1) is 11.0 Å². The summed E-state index contributed by atoms with van der Waals surface area (Å²) >= 11 is 0. The van der Waals surface area contributed by atoms with Gasteiger partial charge in [-0.15, -0.1) is 0 Å². The van der Waals surface area contributed by atoms with Gasteiger partial charge in [-0.05, 0) is 45.6 Å². The number of amides is 1. The Morgan fingerprint density at radius 2 is 2.09 bits per heavy atom. The van der Waals surface area contributed by atoms with E-state index in [1.54, 1.807) is 17.0 Å². The van der Waals surface area contributed by atoms with Crippen molar-refractivity contribution in [3.63, 3.8) is 0 Å². The van der Waals surface area contributed by atoms with Crippen molar-refractivity contribution in [2.75, 3.05) is 6.54 Å². The molecule has 6 heteroatoms. The molecule has 1 atom stereocenters. The molecule has 1 heterocycles. The number of nitro benzene ring substituents is 1. The van der Waals surface area contributed by atoms with Gasteiger partial charge in [-0.3, -0.25) is 10.1 Å². The van der Waals surface area contributed by atoms with Crippen LogP contribution in [0.4, 0.5) is 10.5 Å². The quantitative estimate of drug-likeness (QED) is 0.610. The number of carbonyl (C=O) groups is 1. The SMILES string of the molecule is CC(C)(C)OC(=O)N1CCCCC1c1cccc([N+](=O)[O-])c1. The zero-order valence-electron chi connectivity index (χ0n) is 13.2. The molecule has 0 spiro atoms. The number of piperidine rings is 1. The van der Waals surface area contributed by atoms with E-state index in [0.717, 1.165) is 24.8 Å². The minimum atomic E-state index is -0.554. The van der Waals surface area contributed by atoms with Crippen molar-refractivity contribution in [1.29, 1.82) is 0 Å². The zero-order valence-corrected chi connectivity index (χ0v) is 13.2. The molecule has 1 amide bonds. The predicted molar refractivity (Wildman–Crippen MR) is 82.6 cm³/mol. The van der Waals surface area contributed by atoms with Crippen molar-refractivity contribution < 1.29 is 14.5 Å². The fourth-order valence-electron chi connectivity index (χ4n) is 2.66. The van der Waals surface area contributed by atoms with E-state index in [1.165, 1.54) is 6.07 Å². The number of benzene rings is 1. The van der Waals surface area contributed by atoms with Crippen LogP contribution in [0.5, 0.6) is 0 Å². The van der Waals surface area contributed by atoms with Crippen LogP contribution in [0.25, 0.3) is 0 Å². The van der Waals surface area contributed by atoms with Gasteiger partial charge in [0.2, 0.25) is 0 Å². The summed E-state index contributed by atoms with van der Waals surface area (Å²) in [7, 11) is 0. The van der Waals surface area contributed by atoms with Crippen LogP contribution in [0.2, 0.25) is 0 Å². The summed E-state index contributed by atoms with van der Waals surface area (Å²) in [5, 5.41) is 10.9. The van der Waals surface area contributed by atoms with Gasteiger partial charge in [-0.2, -0.15) is 0 Å². The molecule has 0 aliphatic carbocycles. The van der Waals surface area contributed by atoms with Gasteiger partial charge in [0, 0.05) is 18.7 Å². The van der Waals surface area contributed by atoms with Gasteiger partial charge in [0.15, 0.2) is 0 Å². The molecular weight excluding hydrogens is 284 g/mol. The van der Waals surface area contributed by atoms with Crippen LogP contribution in [0.1, 0.15) is 51.6 Å². The Balaban J connectivity index is 2.24. The number of hydrogen-bond acceptors (Lipinski definition) is 4. The van der Waals surface area contributed by atoms with Crippen LogP contribution in [0, 0.1) is 10.1 Å². The summed E-state index contributed by atoms with van der Waals surface area (Å²) in [5.41, 5.74) is 0.286. The molecule has 6 nitrogen and oxygen atoms in total. The first-order valence-electron chi connectivity index (χ1n) is 7.52. The van der Waals surface area contributed by atoms with Crippen LogP contribution in [0.3, 0.4) is 0 Å². The van der Waals surface area contributed by atoms with E-state index >= 15 is 0 Å². The highest BCUT2D eigenvalue weighted by Crippen LogP contribution is 2.33. The first-order valence-corrected chi connectivity index (χ1v) is 7.52. The molecule has 2 rings (SSSR count). The second-order valence-corrected chi connectivity index (χ2v) is 6.54. The summed E-state index contributed by atoms with van der Waals surface area (Å²) in [6.45, 7) is 6.11. The molecule has 120 valence electrons. The van der Waals surface area contributed by atoms with Gasteiger partial charge in [-0.25, -0.2) is 4.79 Å². The third kappa shape index (κ3) is 3.96. The highest BCUT2D eigenvalue weighted by Gasteiger charge is 2.31. The standard InChI is InChI=1S/C16H22N2O4/c1-16(2,3)22-15(19)17-10-5-4-9-14(17)12-7-6-8-13(11-12)18(20)21/h6-8,11,14H,4-5,9-10H2,1-3H3. The summed E-state index contributed by atoms with van der Waals surface area (Å²) in [4.78, 5) is 24.6. The Labute approximate surface area is 130 Å². The Hall–Kier alpha value is -2.11. The molecule has 1 unspecified atom stereocenters. The fraction of sp³-hybridized carbons (Fsp3) is 0.562. The maximum Gasteiger partial charge on any atom is 0.410 e. The Kier molecular flexibility index (Phi) is 4.68. The Morgan fingerprint density at radius 1 is 1.36 bits per heavy atom. The third-order valence-corrected chi connectivity index (χ3v) is 3.60. The summed E-state index contributed by atoms with van der Waals surface area (Å²) in [6.07, 6.45) is 2.35. The lowest BCUT2D eigenvalue weighted by Gasteiger charge is -2.37. The van der Waals surface area contributed by atoms with Crippen molar-refractivity contribution in [3.05, 3.63) is 39.9 Å². The van der Waals surface area contributed by atoms with E-state index < -0.39 is 10.5 Å². The predicted octanol–water partition coefficient (Wildman–Crippen LogP) is 4.06. The van der Waals surface area contributed by atoms with Crippen molar-refractivity contribution in [3.8, 4) is 0 Å². The molecule has 0 aromatic heterocycles. The van der Waals surface area contributed by atoms with Crippen LogP contribution in [-0.2, 0) is 4.74 Å². The zero-order chi connectivity index (χ0) is 16.3. The molecule has 0 N–H and O–H groups in total. The lowest BCUT2D eigenvalue weighted by atomic mass is 9.95. The molecule has 1 saturated heterocycles. The molecule has 0 radical (unpaired) electrons. The van der Waals surface area contributed by atoms with E-state index in [2.05, 4.69) is 0 Å². The van der Waals surface area contributed by atoms with Gasteiger partial charge in [0.25, 0.3) is 5.69 Å². The van der Waals surface area contributed by atoms with Crippen LogP contribution in [0.15, 0.2) is 24.3 Å². The molecule has 1 aromatic rings. The van der Waals surface area contributed by atoms with Gasteiger partial charge >= 0.3 is 6.09 Å². The lowest BCUT2D eigenvalue weighted by molar-refractivity contribution is -0.385. The number of rotatable bonds is 2. The van der Waals surface area contributed by atoms with Crippen molar-refractivity contribution in [2.24, 2.45) is 0 Å². The summed E-state index contributed by atoms with van der Waals surface area (Å²) in [6, 6.07) is 6.34. The molecule has 22 heavy (non-hydrogen) atoms. The minimum Gasteiger partial charge on any atom is -0.444 e. The van der Waals surface area contributed by atoms with Crippen LogP contribution >= 0.6 is 0 Å². The summed E-state index contributed by atoms with van der Waals surface area (Å²) < 4.78 is 5.46. The number of ether oxygens (including phenoxy) is 1. The largest absolute Gasteiger partial charge is 0.444 e. The van der Waals surface area contributed by atoms with E-state index in [0.29, 0.717) is 6.54 Å². The average Bonchev–Trinajstić information content (AvgIpc) is 2.45. The van der Waals surface area contributed by atoms with Crippen LogP contribution in [-0.4, -0.2) is 28.1 Å². The minimum absolute atomic E-state index is 0.0483. The number of nitrogens with zero attached hydrogens (tertiary/aromatic N) is 2. The van der Waals surface area contributed by atoms with Gasteiger partial charge < -0.3 is 9.64 Å². The second-order valence-electron chi connectivity index (χ2n) is 6.54. The Bertz CT molecular complexity index is 566. The van der Waals surface area contributed by atoms with Gasteiger partial charge in [-0.1, -0.05) is 12.1 Å². The molecule has 0 bridgehead atoms. The monoisotopic (exact) mass is 306 g/mol. The smallest absolute Gasteiger partial charge is 0.410 e. The summed E-state index contributed by atoms with van der Waals surface area (Å²) in [5.74, 6) is 0. The molecule has 1 aliphatic rings. The van der Waals surface area contributed by atoms with Gasteiger partial charge in [0.1, 0.15) is 5.60 Å². The second kappa shape index (κ2) is 6.34. The van der Waals surface area contributed by atoms with E-state index in [4.69, 9.17) is 4.74 Å². The molecule has 0 saturated carbocycles. The average molecular weight is 306 g/mol. The fourth-order valence-corrected chi connectivity index (χ4v) is 2.66. The highest BCUT2D eigenvalue weighted by molar-refractivity contribution is 5.69. The third-order valence-electron chi connectivity index (χ3n) is 3.60. The maximum atomic E-state index is 12.4. The number of hydrogen-bond donors (Lipinski definition) is 0. The number of non-ortho nitro benzene ring substituents is 1. The van der Waals surface area contributed by atoms with Crippen molar-refractivity contribution in [2.45, 2.75) is 51.7 Å². The number of carbonyl (C=O) groups excluding carboxylic acids is 1. The highest BCUT2D eigenvalue weighted by atomic mass is 16.6. The topological polar surface area (TPSA) is 72.7 Å². The van der Waals surface area contributed by atoms with E-state index in [-0.39, 0.29) is 17.8 Å². The lowest BCUT2D eigenvalue weighted by Crippen LogP contribution is -2.41.